The smallest absolute Gasteiger partial charge is 0.343 e. The molecule has 0 unspecified atom stereocenters. The van der Waals surface area contributed by atoms with Gasteiger partial charge in [0.25, 0.3) is 0 Å². The van der Waals surface area contributed by atoms with Crippen molar-refractivity contribution >= 4 is 11.8 Å². The third-order valence-electron chi connectivity index (χ3n) is 3.46. The number of ether oxygens (including phenoxy) is 1. The van der Waals surface area contributed by atoms with E-state index in [1.807, 2.05) is 41.2 Å². The van der Waals surface area contributed by atoms with Gasteiger partial charge in [-0.05, 0) is 61.5 Å². The molecule has 0 radical (unpaired) electrons. The number of carbonyl (C=O) groups is 2. The summed E-state index contributed by atoms with van der Waals surface area (Å²) in [6, 6.07) is 17.6. The molecule has 0 aliphatic carbocycles. The fourth-order valence-electron chi connectivity index (χ4n) is 2.22. The molecule has 0 N–H and O–H groups in total. The molecule has 0 saturated carbocycles. The van der Waals surface area contributed by atoms with Crippen molar-refractivity contribution in [1.29, 1.82) is 0 Å². The maximum Gasteiger partial charge on any atom is 0.343 e. The monoisotopic (exact) mass is 305 g/mol. The first-order chi connectivity index (χ1) is 11.1. The predicted octanol–water partition coefficient (Wildman–Crippen LogP) is 3.90. The van der Waals surface area contributed by atoms with E-state index in [0.29, 0.717) is 16.9 Å². The Morgan fingerprint density at radius 2 is 1.57 bits per heavy atom. The largest absolute Gasteiger partial charge is 0.423 e. The van der Waals surface area contributed by atoms with E-state index in [4.69, 9.17) is 4.74 Å². The van der Waals surface area contributed by atoms with Gasteiger partial charge >= 0.3 is 5.97 Å². The minimum Gasteiger partial charge on any atom is -0.423 e. The van der Waals surface area contributed by atoms with Crippen LogP contribution >= 0.6 is 0 Å². The Morgan fingerprint density at radius 1 is 0.870 bits per heavy atom. The van der Waals surface area contributed by atoms with E-state index < -0.39 is 5.97 Å². The second kappa shape index (κ2) is 6.32. The molecule has 0 atom stereocenters. The SMILES string of the molecule is CC(=O)c1ccc(OC(=O)c2cccc(-n3cccc3)c2)cc1. The Balaban J connectivity index is 1.78. The number of esters is 1. The summed E-state index contributed by atoms with van der Waals surface area (Å²) >= 11 is 0. The molecule has 0 spiro atoms. The maximum atomic E-state index is 12.3. The van der Waals surface area contributed by atoms with E-state index in [9.17, 15) is 9.59 Å². The van der Waals surface area contributed by atoms with Crippen LogP contribution in [-0.4, -0.2) is 16.3 Å². The number of carbonyl (C=O) groups excluding carboxylic acids is 2. The van der Waals surface area contributed by atoms with Crippen molar-refractivity contribution in [3.05, 3.63) is 84.2 Å². The molecule has 0 aliphatic rings. The molecule has 1 aromatic heterocycles. The van der Waals surface area contributed by atoms with Gasteiger partial charge < -0.3 is 9.30 Å². The van der Waals surface area contributed by atoms with Crippen LogP contribution in [0.25, 0.3) is 5.69 Å². The summed E-state index contributed by atoms with van der Waals surface area (Å²) in [5, 5.41) is 0. The van der Waals surface area contributed by atoms with Crippen molar-refractivity contribution in [2.75, 3.05) is 0 Å². The van der Waals surface area contributed by atoms with Crippen molar-refractivity contribution in [2.45, 2.75) is 6.92 Å². The van der Waals surface area contributed by atoms with E-state index in [1.165, 1.54) is 6.92 Å². The molecule has 0 amide bonds. The minimum atomic E-state index is -0.436. The summed E-state index contributed by atoms with van der Waals surface area (Å²) in [6.45, 7) is 1.49. The Kier molecular flexibility index (Phi) is 4.06. The number of Topliss-reactive ketones (excluding diaryl/α,β-unsaturated/α-hetero) is 1. The van der Waals surface area contributed by atoms with E-state index in [-0.39, 0.29) is 5.78 Å². The second-order valence-electron chi connectivity index (χ2n) is 5.11. The first kappa shape index (κ1) is 14.8. The van der Waals surface area contributed by atoms with Crippen molar-refractivity contribution in [3.63, 3.8) is 0 Å². The maximum absolute atomic E-state index is 12.3. The van der Waals surface area contributed by atoms with Gasteiger partial charge in [0.2, 0.25) is 0 Å². The van der Waals surface area contributed by atoms with Crippen LogP contribution in [0.1, 0.15) is 27.6 Å². The lowest BCUT2D eigenvalue weighted by Crippen LogP contribution is -2.09. The second-order valence-corrected chi connectivity index (χ2v) is 5.11. The van der Waals surface area contributed by atoms with Gasteiger partial charge in [-0.3, -0.25) is 4.79 Å². The van der Waals surface area contributed by atoms with Gasteiger partial charge in [0.15, 0.2) is 5.78 Å². The molecule has 4 heteroatoms. The number of hydrogen-bond acceptors (Lipinski definition) is 3. The number of ketones is 1. The topological polar surface area (TPSA) is 48.3 Å². The van der Waals surface area contributed by atoms with Gasteiger partial charge in [-0.25, -0.2) is 4.79 Å². The third-order valence-corrected chi connectivity index (χ3v) is 3.46. The van der Waals surface area contributed by atoms with Crippen LogP contribution in [-0.2, 0) is 0 Å². The summed E-state index contributed by atoms with van der Waals surface area (Å²) in [5.74, 6) is -0.0525. The summed E-state index contributed by atoms with van der Waals surface area (Å²) in [7, 11) is 0. The molecule has 0 fully saturated rings. The lowest BCUT2D eigenvalue weighted by molar-refractivity contribution is 0.0734. The van der Waals surface area contributed by atoms with Crippen LogP contribution in [0.4, 0.5) is 0 Å². The first-order valence-electron chi connectivity index (χ1n) is 7.20. The Morgan fingerprint density at radius 3 is 2.22 bits per heavy atom. The van der Waals surface area contributed by atoms with E-state index in [0.717, 1.165) is 5.69 Å². The fraction of sp³-hybridized carbons (Fsp3) is 0.0526. The summed E-state index contributed by atoms with van der Waals surface area (Å²) in [5.41, 5.74) is 1.93. The molecular weight excluding hydrogens is 290 g/mol. The number of aromatic nitrogens is 1. The van der Waals surface area contributed by atoms with Crippen LogP contribution < -0.4 is 4.74 Å². The number of nitrogens with zero attached hydrogens (tertiary/aromatic N) is 1. The van der Waals surface area contributed by atoms with Crippen LogP contribution in [0.2, 0.25) is 0 Å². The molecule has 4 nitrogen and oxygen atoms in total. The van der Waals surface area contributed by atoms with Crippen molar-refractivity contribution in [1.82, 2.24) is 4.57 Å². The quantitative estimate of drug-likeness (QED) is 0.417. The van der Waals surface area contributed by atoms with Crippen LogP contribution in [0, 0.1) is 0 Å². The van der Waals surface area contributed by atoms with Gasteiger partial charge in [-0.15, -0.1) is 0 Å². The van der Waals surface area contributed by atoms with Crippen LogP contribution in [0.3, 0.4) is 0 Å². The molecule has 114 valence electrons. The third kappa shape index (κ3) is 3.37. The highest BCUT2D eigenvalue weighted by Crippen LogP contribution is 2.16. The van der Waals surface area contributed by atoms with Gasteiger partial charge in [0.05, 0.1) is 5.56 Å². The number of benzene rings is 2. The zero-order chi connectivity index (χ0) is 16.2. The summed E-state index contributed by atoms with van der Waals surface area (Å²) in [4.78, 5) is 23.5. The summed E-state index contributed by atoms with van der Waals surface area (Å²) < 4.78 is 7.26. The molecule has 2 aromatic carbocycles. The molecule has 1 heterocycles. The van der Waals surface area contributed by atoms with Crippen molar-refractivity contribution < 1.29 is 14.3 Å². The normalized spacial score (nSPS) is 10.3. The van der Waals surface area contributed by atoms with Gasteiger partial charge in [-0.2, -0.15) is 0 Å². The van der Waals surface area contributed by atoms with Crippen LogP contribution in [0.5, 0.6) is 5.75 Å². The van der Waals surface area contributed by atoms with Crippen molar-refractivity contribution in [2.24, 2.45) is 0 Å². The molecule has 3 rings (SSSR count). The zero-order valence-electron chi connectivity index (χ0n) is 12.6. The van der Waals surface area contributed by atoms with Gasteiger partial charge in [-0.1, -0.05) is 6.07 Å². The Labute approximate surface area is 133 Å². The fourth-order valence-corrected chi connectivity index (χ4v) is 2.22. The first-order valence-corrected chi connectivity index (χ1v) is 7.20. The number of rotatable bonds is 4. The minimum absolute atomic E-state index is 0.0256. The standard InChI is InChI=1S/C19H15NO3/c1-14(21)15-7-9-18(10-8-15)23-19(22)16-5-4-6-17(13-16)20-11-2-3-12-20/h2-13H,1H3. The van der Waals surface area contributed by atoms with E-state index in [2.05, 4.69) is 0 Å². The van der Waals surface area contributed by atoms with Gasteiger partial charge in [0, 0.05) is 23.6 Å². The van der Waals surface area contributed by atoms with Crippen molar-refractivity contribution in [3.8, 4) is 11.4 Å². The highest BCUT2D eigenvalue weighted by molar-refractivity contribution is 5.94. The summed E-state index contributed by atoms with van der Waals surface area (Å²) in [6.07, 6.45) is 3.82. The average Bonchev–Trinajstić information content (AvgIpc) is 3.10. The molecule has 0 bridgehead atoms. The number of hydrogen-bond donors (Lipinski definition) is 0. The van der Waals surface area contributed by atoms with Crippen LogP contribution in [0.15, 0.2) is 73.1 Å². The average molecular weight is 305 g/mol. The molecule has 23 heavy (non-hydrogen) atoms. The Bertz CT molecular complexity index is 833. The molecule has 3 aromatic rings. The van der Waals surface area contributed by atoms with E-state index in [1.54, 1.807) is 36.4 Å². The lowest BCUT2D eigenvalue weighted by Gasteiger charge is -2.07. The molecule has 0 saturated heterocycles. The Hall–Kier alpha value is -3.14. The molecular formula is C19H15NO3. The molecule has 0 aliphatic heterocycles. The lowest BCUT2D eigenvalue weighted by atomic mass is 10.1. The highest BCUT2D eigenvalue weighted by Gasteiger charge is 2.10. The van der Waals surface area contributed by atoms with E-state index >= 15 is 0 Å². The predicted molar refractivity (Wildman–Crippen MR) is 87.2 cm³/mol. The van der Waals surface area contributed by atoms with Gasteiger partial charge in [0.1, 0.15) is 5.75 Å². The highest BCUT2D eigenvalue weighted by atomic mass is 16.5. The zero-order valence-corrected chi connectivity index (χ0v) is 12.6.